The molecule has 0 fully saturated rings. The molecule has 0 atom stereocenters. The average molecular weight is 573 g/mol. The fourth-order valence-corrected chi connectivity index (χ4v) is 11.7. The van der Waals surface area contributed by atoms with Gasteiger partial charge in [0.1, 0.15) is 11.5 Å². The summed E-state index contributed by atoms with van der Waals surface area (Å²) in [7, 11) is -2.64. The highest BCUT2D eigenvalue weighted by atomic mass is 28.3. The number of hydrogen-bond donors (Lipinski definition) is 0. The lowest BCUT2D eigenvalue weighted by Gasteiger charge is -2.38. The summed E-state index contributed by atoms with van der Waals surface area (Å²) in [6.45, 7) is 4.71. The van der Waals surface area contributed by atoms with Crippen LogP contribution in [0.5, 0.6) is 11.5 Å². The molecular formula is C39H32OSi2. The predicted octanol–water partition coefficient (Wildman–Crippen LogP) is 5.15. The minimum atomic E-state index is -1.32. The molecule has 0 aromatic heterocycles. The molecule has 42 heavy (non-hydrogen) atoms. The lowest BCUT2D eigenvalue weighted by molar-refractivity contribution is 0.424. The van der Waals surface area contributed by atoms with E-state index in [1.165, 1.54) is 42.2 Å². The van der Waals surface area contributed by atoms with Gasteiger partial charge in [-0.2, -0.15) is 0 Å². The van der Waals surface area contributed by atoms with Crippen LogP contribution in [0.1, 0.15) is 25.0 Å². The maximum absolute atomic E-state index is 7.27. The van der Waals surface area contributed by atoms with Crippen molar-refractivity contribution in [2.75, 3.05) is 0 Å². The second kappa shape index (κ2) is 11.1. The highest BCUT2D eigenvalue weighted by Gasteiger charge is 2.39. The predicted molar refractivity (Wildman–Crippen MR) is 180 cm³/mol. The summed E-state index contributed by atoms with van der Waals surface area (Å²) in [6.07, 6.45) is 0. The molecule has 0 aliphatic carbocycles. The highest BCUT2D eigenvalue weighted by molar-refractivity contribution is 6.96. The summed E-state index contributed by atoms with van der Waals surface area (Å²) in [5.74, 6) is 2.07. The molecule has 1 heterocycles. The smallest absolute Gasteiger partial charge is 0.159 e. The van der Waals surface area contributed by atoms with Crippen LogP contribution in [0.15, 0.2) is 158 Å². The van der Waals surface area contributed by atoms with E-state index in [0.29, 0.717) is 0 Å². The zero-order valence-electron chi connectivity index (χ0n) is 23.9. The van der Waals surface area contributed by atoms with Crippen LogP contribution in [0.3, 0.4) is 0 Å². The summed E-state index contributed by atoms with van der Waals surface area (Å²) in [5, 5.41) is 8.05. The van der Waals surface area contributed by atoms with Crippen LogP contribution in [0, 0.1) is 0 Å². The van der Waals surface area contributed by atoms with Gasteiger partial charge in [0.15, 0.2) is 17.6 Å². The first-order chi connectivity index (χ1) is 20.6. The largest absolute Gasteiger partial charge is 0.457 e. The van der Waals surface area contributed by atoms with Crippen molar-refractivity contribution >= 4 is 48.7 Å². The molecule has 6 aromatic carbocycles. The van der Waals surface area contributed by atoms with Crippen molar-refractivity contribution in [2.45, 2.75) is 19.3 Å². The number of hydrogen-bond acceptors (Lipinski definition) is 1. The molecule has 0 saturated heterocycles. The van der Waals surface area contributed by atoms with Crippen LogP contribution in [0.25, 0.3) is 0 Å². The molecule has 0 saturated carbocycles. The number of para-hydroxylation sites is 2. The third-order valence-corrected chi connectivity index (χ3v) is 13.9. The van der Waals surface area contributed by atoms with E-state index in [-0.39, 0.29) is 5.41 Å². The number of benzene rings is 6. The summed E-state index contributed by atoms with van der Waals surface area (Å²) in [6, 6.07) is 57.5. The Labute approximate surface area is 252 Å². The van der Waals surface area contributed by atoms with Gasteiger partial charge in [0.25, 0.3) is 0 Å². The van der Waals surface area contributed by atoms with Gasteiger partial charge in [-0.15, -0.1) is 0 Å². The highest BCUT2D eigenvalue weighted by Crippen LogP contribution is 2.46. The molecule has 1 aliphatic rings. The van der Waals surface area contributed by atoms with E-state index in [4.69, 9.17) is 4.74 Å². The van der Waals surface area contributed by atoms with Gasteiger partial charge < -0.3 is 4.74 Å². The molecule has 3 heteroatoms. The number of fused-ring (bicyclic) bond motifs is 2. The van der Waals surface area contributed by atoms with Gasteiger partial charge in [-0.25, -0.2) is 0 Å². The van der Waals surface area contributed by atoms with E-state index in [9.17, 15) is 0 Å². The normalized spacial score (nSPS) is 13.3. The van der Waals surface area contributed by atoms with Gasteiger partial charge in [0, 0.05) is 16.5 Å². The minimum Gasteiger partial charge on any atom is -0.457 e. The fourth-order valence-electron chi connectivity index (χ4n) is 6.29. The van der Waals surface area contributed by atoms with Crippen LogP contribution in [-0.2, 0) is 5.41 Å². The summed E-state index contributed by atoms with van der Waals surface area (Å²) in [5.41, 5.74) is 2.30. The standard InChI is InChI=1S/C39H32OSi2/c1-39(2)33-25-15-27-35(41(29-17-7-3-8-18-29)30-19-9-4-10-20-30)37(33)40-38-34(39)26-16-28-36(38)42(31-21-11-5-12-22-31)32-23-13-6-14-24-32/h3-28H,1-2H3. The first-order valence-electron chi connectivity index (χ1n) is 14.5. The average Bonchev–Trinajstić information content (AvgIpc) is 3.04. The molecular weight excluding hydrogens is 541 g/mol. The Kier molecular flexibility index (Phi) is 6.98. The van der Waals surface area contributed by atoms with Gasteiger partial charge in [-0.05, 0) is 10.4 Å². The van der Waals surface area contributed by atoms with Gasteiger partial charge in [0.2, 0.25) is 0 Å². The molecule has 6 aromatic rings. The van der Waals surface area contributed by atoms with Crippen LogP contribution in [-0.4, -0.2) is 17.6 Å². The Morgan fingerprint density at radius 3 is 1.00 bits per heavy atom. The lowest BCUT2D eigenvalue weighted by Crippen LogP contribution is -2.54. The van der Waals surface area contributed by atoms with Crippen LogP contribution in [0.2, 0.25) is 0 Å². The van der Waals surface area contributed by atoms with Gasteiger partial charge in [0.05, 0.1) is 0 Å². The Balaban J connectivity index is 1.45. The van der Waals surface area contributed by atoms with E-state index >= 15 is 0 Å². The SMILES string of the molecule is CC1(C)c2cccc([Si](c3ccccc3)c3ccccc3)c2Oc2c([Si](c3ccccc3)c3ccccc3)cccc21. The Morgan fingerprint density at radius 1 is 0.381 bits per heavy atom. The Morgan fingerprint density at radius 2 is 0.690 bits per heavy atom. The monoisotopic (exact) mass is 572 g/mol. The topological polar surface area (TPSA) is 9.23 Å². The fraction of sp³-hybridized carbons (Fsp3) is 0.0769. The number of rotatable bonds is 6. The third kappa shape index (κ3) is 4.65. The first-order valence-corrected chi connectivity index (χ1v) is 17.5. The van der Waals surface area contributed by atoms with E-state index in [0.717, 1.165) is 11.5 Å². The Hall–Kier alpha value is -4.45. The molecule has 0 N–H and O–H groups in total. The molecule has 0 spiro atoms. The molecule has 0 amide bonds. The van der Waals surface area contributed by atoms with Gasteiger partial charge >= 0.3 is 0 Å². The van der Waals surface area contributed by atoms with Crippen molar-refractivity contribution in [3.8, 4) is 11.5 Å². The van der Waals surface area contributed by atoms with Crippen molar-refractivity contribution in [1.82, 2.24) is 0 Å². The molecule has 7 rings (SSSR count). The van der Waals surface area contributed by atoms with Crippen LogP contribution < -0.4 is 35.9 Å². The molecule has 0 bridgehead atoms. The molecule has 0 unspecified atom stereocenters. The maximum atomic E-state index is 7.27. The zero-order valence-corrected chi connectivity index (χ0v) is 25.9. The minimum absolute atomic E-state index is 0.213. The van der Waals surface area contributed by atoms with E-state index in [1.807, 2.05) is 0 Å². The molecule has 202 valence electrons. The molecule has 1 aliphatic heterocycles. The van der Waals surface area contributed by atoms with Gasteiger partial charge in [-0.3, -0.25) is 0 Å². The van der Waals surface area contributed by atoms with Crippen LogP contribution >= 0.6 is 0 Å². The number of ether oxygens (including phenoxy) is 1. The Bertz CT molecular complexity index is 1600. The second-order valence-corrected chi connectivity index (χ2v) is 16.2. The van der Waals surface area contributed by atoms with Crippen molar-refractivity contribution in [3.63, 3.8) is 0 Å². The van der Waals surface area contributed by atoms with E-state index < -0.39 is 17.6 Å². The van der Waals surface area contributed by atoms with E-state index in [1.54, 1.807) is 0 Å². The van der Waals surface area contributed by atoms with Crippen molar-refractivity contribution < 1.29 is 4.74 Å². The van der Waals surface area contributed by atoms with E-state index in [2.05, 4.69) is 172 Å². The lowest BCUT2D eigenvalue weighted by atomic mass is 9.76. The molecule has 1 nitrogen and oxygen atoms in total. The van der Waals surface area contributed by atoms with Gasteiger partial charge in [-0.1, -0.05) is 192 Å². The summed E-state index contributed by atoms with van der Waals surface area (Å²) in [4.78, 5) is 0. The zero-order chi connectivity index (χ0) is 28.5. The quantitative estimate of drug-likeness (QED) is 0.198. The second-order valence-electron chi connectivity index (χ2n) is 11.3. The summed E-state index contributed by atoms with van der Waals surface area (Å²) < 4.78 is 7.27. The third-order valence-electron chi connectivity index (χ3n) is 8.37. The van der Waals surface area contributed by atoms with Crippen LogP contribution in [0.4, 0.5) is 0 Å². The van der Waals surface area contributed by atoms with Crippen molar-refractivity contribution in [3.05, 3.63) is 169 Å². The first kappa shape index (κ1) is 26.5. The summed E-state index contributed by atoms with van der Waals surface area (Å²) >= 11 is 0. The van der Waals surface area contributed by atoms with Crippen molar-refractivity contribution in [1.29, 1.82) is 0 Å². The molecule has 2 radical (unpaired) electrons. The maximum Gasteiger partial charge on any atom is 0.159 e. The van der Waals surface area contributed by atoms with Crippen molar-refractivity contribution in [2.24, 2.45) is 0 Å².